The molecule has 0 spiro atoms. The van der Waals surface area contributed by atoms with Gasteiger partial charge in [0, 0.05) is 44.1 Å². The Morgan fingerprint density at radius 1 is 0.895 bits per heavy atom. The molecule has 57 heavy (non-hydrogen) atoms. The maximum absolute atomic E-state index is 15.3. The highest BCUT2D eigenvalue weighted by Crippen LogP contribution is 2.48. The third-order valence-corrected chi connectivity index (χ3v) is 11.4. The van der Waals surface area contributed by atoms with Crippen molar-refractivity contribution in [1.29, 1.82) is 0 Å². The van der Waals surface area contributed by atoms with Crippen LogP contribution in [0.3, 0.4) is 0 Å². The van der Waals surface area contributed by atoms with Crippen LogP contribution in [0, 0.1) is 11.8 Å². The number of unbranched alkanes of at least 4 members (excludes halogenated alkanes) is 8. The molecule has 10 heteroatoms. The Morgan fingerprint density at radius 3 is 1.95 bits per heavy atom. The Balaban J connectivity index is 1.59. The molecule has 0 aliphatic carbocycles. The summed E-state index contributed by atoms with van der Waals surface area (Å²) in [6.07, 6.45) is 15.8. The summed E-state index contributed by atoms with van der Waals surface area (Å²) in [6.45, 7) is 12.8. The third kappa shape index (κ3) is 12.0. The molecular weight excluding hydrogens is 739 g/mol. The van der Waals surface area contributed by atoms with Crippen molar-refractivity contribution < 1.29 is 38.4 Å². The Kier molecular flexibility index (Phi) is 17.7. The molecule has 2 fully saturated rings. The number of esters is 1. The number of rotatable bonds is 23. The van der Waals surface area contributed by atoms with Crippen LogP contribution in [-0.2, 0) is 38.9 Å². The number of benzene rings is 2. The summed E-state index contributed by atoms with van der Waals surface area (Å²) < 4.78 is 30.2. The van der Waals surface area contributed by atoms with Crippen molar-refractivity contribution in [1.82, 2.24) is 4.90 Å². The molecular formula is C47H69NO8S. The molecule has 3 atom stereocenters. The van der Waals surface area contributed by atoms with Crippen LogP contribution < -0.4 is 0 Å². The second kappa shape index (κ2) is 21.7. The molecule has 1 amide bonds. The average Bonchev–Trinajstić information content (AvgIpc) is 3.79. The predicted octanol–water partition coefficient (Wildman–Crippen LogP) is 9.82. The number of thiocarbonyl (C=S) groups is 1. The van der Waals surface area contributed by atoms with E-state index in [1.807, 2.05) is 80.6 Å². The summed E-state index contributed by atoms with van der Waals surface area (Å²) in [6, 6.07) is 18.9. The van der Waals surface area contributed by atoms with Crippen molar-refractivity contribution >= 4 is 29.3 Å². The second-order valence-corrected chi connectivity index (χ2v) is 17.4. The second-order valence-electron chi connectivity index (χ2n) is 17.0. The molecule has 0 saturated carbocycles. The first kappa shape index (κ1) is 46.5. The first-order chi connectivity index (χ1) is 27.2. The minimum Gasteiger partial charge on any atom is -0.458 e. The SMILES string of the molecule is CCCCCCCC1(CCCCCCC=C[C@H](C(=O)N2C(=S)OC(c3ccccc3)(c3ccccc3)C2C(C)C)[C@@](O)(CCOC)C(=O)OC(C)(C)C)OCCO1. The zero-order valence-electron chi connectivity index (χ0n) is 35.6. The zero-order valence-corrected chi connectivity index (χ0v) is 36.5. The quantitative estimate of drug-likeness (QED) is 0.0509. The Hall–Kier alpha value is -3.15. The van der Waals surface area contributed by atoms with Crippen LogP contribution in [-0.4, -0.2) is 77.0 Å². The number of hydrogen-bond donors (Lipinski definition) is 1. The zero-order chi connectivity index (χ0) is 41.5. The van der Waals surface area contributed by atoms with E-state index in [2.05, 4.69) is 6.92 Å². The van der Waals surface area contributed by atoms with Gasteiger partial charge in [0.15, 0.2) is 17.0 Å². The van der Waals surface area contributed by atoms with E-state index in [9.17, 15) is 9.90 Å². The third-order valence-electron chi connectivity index (χ3n) is 11.1. The molecule has 2 aliphatic heterocycles. The van der Waals surface area contributed by atoms with E-state index in [0.29, 0.717) is 19.6 Å². The summed E-state index contributed by atoms with van der Waals surface area (Å²) >= 11 is 5.95. The fourth-order valence-corrected chi connectivity index (χ4v) is 8.63. The summed E-state index contributed by atoms with van der Waals surface area (Å²) in [7, 11) is 1.49. The highest BCUT2D eigenvalue weighted by atomic mass is 32.1. The maximum atomic E-state index is 15.3. The summed E-state index contributed by atoms with van der Waals surface area (Å²) in [5, 5.41) is 12.5. The van der Waals surface area contributed by atoms with Gasteiger partial charge < -0.3 is 28.8 Å². The smallest absolute Gasteiger partial charge is 0.339 e. The predicted molar refractivity (Wildman–Crippen MR) is 228 cm³/mol. The van der Waals surface area contributed by atoms with Crippen molar-refractivity contribution in [3.63, 3.8) is 0 Å². The summed E-state index contributed by atoms with van der Waals surface area (Å²) in [5.74, 6) is -3.38. The Morgan fingerprint density at radius 2 is 1.44 bits per heavy atom. The number of nitrogens with zero attached hydrogens (tertiary/aromatic N) is 1. The lowest BCUT2D eigenvalue weighted by atomic mass is 9.75. The van der Waals surface area contributed by atoms with E-state index in [1.165, 1.54) is 37.7 Å². The van der Waals surface area contributed by atoms with E-state index in [0.717, 1.165) is 56.1 Å². The van der Waals surface area contributed by atoms with E-state index < -0.39 is 46.4 Å². The number of methoxy groups -OCH3 is 1. The molecule has 2 saturated heterocycles. The van der Waals surface area contributed by atoms with Crippen molar-refractivity contribution in [3.8, 4) is 0 Å². The average molecular weight is 808 g/mol. The fraction of sp³-hybridized carbons (Fsp3) is 0.638. The van der Waals surface area contributed by atoms with Crippen LogP contribution in [0.4, 0.5) is 0 Å². The van der Waals surface area contributed by atoms with Gasteiger partial charge in [-0.25, -0.2) is 4.79 Å². The topological polar surface area (TPSA) is 104 Å². The molecule has 1 N–H and O–H groups in total. The van der Waals surface area contributed by atoms with E-state index >= 15 is 4.79 Å². The molecule has 4 rings (SSSR count). The molecule has 2 aromatic rings. The van der Waals surface area contributed by atoms with E-state index in [1.54, 1.807) is 26.8 Å². The van der Waals surface area contributed by atoms with Gasteiger partial charge in [0.2, 0.25) is 5.91 Å². The highest BCUT2D eigenvalue weighted by Gasteiger charge is 2.60. The van der Waals surface area contributed by atoms with Crippen LogP contribution in [0.2, 0.25) is 0 Å². The number of amides is 1. The largest absolute Gasteiger partial charge is 0.458 e. The van der Waals surface area contributed by atoms with Gasteiger partial charge in [0.05, 0.1) is 25.2 Å². The normalized spacial score (nSPS) is 19.5. The molecule has 1 unspecified atom stereocenters. The number of carbonyl (C=O) groups excluding carboxylic acids is 2. The molecule has 0 aromatic heterocycles. The van der Waals surface area contributed by atoms with Crippen molar-refractivity contribution in [2.45, 2.75) is 154 Å². The number of ether oxygens (including phenoxy) is 5. The van der Waals surface area contributed by atoms with Crippen molar-refractivity contribution in [2.75, 3.05) is 26.9 Å². The number of carbonyl (C=O) groups is 2. The molecule has 316 valence electrons. The van der Waals surface area contributed by atoms with Gasteiger partial charge in [-0.3, -0.25) is 9.69 Å². The van der Waals surface area contributed by atoms with Crippen molar-refractivity contribution in [2.24, 2.45) is 11.8 Å². The molecule has 2 heterocycles. The monoisotopic (exact) mass is 807 g/mol. The van der Waals surface area contributed by atoms with Gasteiger partial charge >= 0.3 is 5.97 Å². The van der Waals surface area contributed by atoms with Crippen molar-refractivity contribution in [3.05, 3.63) is 83.9 Å². The molecule has 2 aromatic carbocycles. The molecule has 2 aliphatic rings. The molecule has 0 radical (unpaired) electrons. The van der Waals surface area contributed by atoms with Gasteiger partial charge in [-0.1, -0.05) is 132 Å². The van der Waals surface area contributed by atoms with Gasteiger partial charge in [-0.15, -0.1) is 0 Å². The van der Waals surface area contributed by atoms with Gasteiger partial charge in [0.25, 0.3) is 5.17 Å². The first-order valence-corrected chi connectivity index (χ1v) is 21.7. The molecule has 9 nitrogen and oxygen atoms in total. The Labute approximate surface area is 347 Å². The Bertz CT molecular complexity index is 1530. The summed E-state index contributed by atoms with van der Waals surface area (Å²) in [4.78, 5) is 30.8. The lowest BCUT2D eigenvalue weighted by Crippen LogP contribution is -2.58. The number of aliphatic hydroxyl groups is 1. The van der Waals surface area contributed by atoms with Crippen LogP contribution in [0.5, 0.6) is 0 Å². The lowest BCUT2D eigenvalue weighted by molar-refractivity contribution is -0.186. The first-order valence-electron chi connectivity index (χ1n) is 21.3. The van der Waals surface area contributed by atoms with Gasteiger partial charge in [-0.2, -0.15) is 0 Å². The molecule has 0 bridgehead atoms. The van der Waals surface area contributed by atoms with Gasteiger partial charge in [-0.05, 0) is 64.6 Å². The minimum atomic E-state index is -2.26. The number of hydrogen-bond acceptors (Lipinski definition) is 9. The fourth-order valence-electron chi connectivity index (χ4n) is 8.29. The standard InChI is InChI=1S/C47H69NO8S/c1-8-9-10-14-23-30-45(53-34-35-54-45)31-24-15-12-11-13-22-29-39(46(51,32-33-52-7)42(50)55-44(4,5)6)41(49)48-40(36(2)3)47(56-43(48)57,37-25-18-16-19-26-37)38-27-20-17-21-28-38/h16-22,25-29,36,39-40,51H,8-15,23-24,30-35H2,1-7H3/t39-,40?,46+/m1/s1. The van der Waals surface area contributed by atoms with Crippen LogP contribution in [0.15, 0.2) is 72.8 Å². The van der Waals surface area contributed by atoms with E-state index in [-0.39, 0.29) is 24.1 Å². The van der Waals surface area contributed by atoms with E-state index in [4.69, 9.17) is 35.9 Å². The van der Waals surface area contributed by atoms with Crippen LogP contribution >= 0.6 is 12.2 Å². The number of allylic oxidation sites excluding steroid dienone is 1. The van der Waals surface area contributed by atoms with Crippen LogP contribution in [0.1, 0.15) is 136 Å². The minimum absolute atomic E-state index is 0.0166. The van der Waals surface area contributed by atoms with Crippen LogP contribution in [0.25, 0.3) is 0 Å². The maximum Gasteiger partial charge on any atom is 0.339 e. The van der Waals surface area contributed by atoms with Gasteiger partial charge in [0.1, 0.15) is 5.60 Å². The lowest BCUT2D eigenvalue weighted by Gasteiger charge is -2.40. The highest BCUT2D eigenvalue weighted by molar-refractivity contribution is 7.80. The summed E-state index contributed by atoms with van der Waals surface area (Å²) in [5.41, 5.74) is -2.64.